The fourth-order valence-corrected chi connectivity index (χ4v) is 4.87. The number of benzene rings is 1. The van der Waals surface area contributed by atoms with Gasteiger partial charge in [-0.3, -0.25) is 4.79 Å². The van der Waals surface area contributed by atoms with Gasteiger partial charge in [-0.15, -0.1) is 0 Å². The maximum absolute atomic E-state index is 11.5. The van der Waals surface area contributed by atoms with E-state index in [9.17, 15) is 9.69 Å². The molecule has 220 valence electrons. The average molecular weight is 556 g/mol. The van der Waals surface area contributed by atoms with Gasteiger partial charge < -0.3 is 28.7 Å². The van der Waals surface area contributed by atoms with Gasteiger partial charge in [0.1, 0.15) is 11.9 Å². The molecule has 0 saturated carbocycles. The molecule has 1 aromatic carbocycles. The van der Waals surface area contributed by atoms with E-state index in [1.165, 1.54) is 77.6 Å². The summed E-state index contributed by atoms with van der Waals surface area (Å²) >= 11 is 0. The van der Waals surface area contributed by atoms with Crippen molar-refractivity contribution < 1.29 is 28.2 Å². The third kappa shape index (κ3) is 20.7. The summed E-state index contributed by atoms with van der Waals surface area (Å²) in [5.74, 6) is 0.471. The molecular weight excluding hydrogens is 501 g/mol. The van der Waals surface area contributed by atoms with E-state index in [1.807, 2.05) is 31.3 Å². The highest BCUT2D eigenvalue weighted by molar-refractivity contribution is 7.40. The Bertz CT molecular complexity index is 675. The number of hydrogen-bond acceptors (Lipinski definition) is 7. The lowest BCUT2D eigenvalue weighted by Gasteiger charge is -2.19. The molecule has 2 N–H and O–H groups in total. The normalized spacial score (nSPS) is 12.8. The zero-order valence-electron chi connectivity index (χ0n) is 24.3. The summed E-state index contributed by atoms with van der Waals surface area (Å²) in [6, 6.07) is 7.87. The quantitative estimate of drug-likeness (QED) is 0.0696. The van der Waals surface area contributed by atoms with Gasteiger partial charge in [-0.1, -0.05) is 89.7 Å². The first-order valence-corrected chi connectivity index (χ1v) is 16.0. The lowest BCUT2D eigenvalue weighted by Crippen LogP contribution is -2.24. The van der Waals surface area contributed by atoms with Crippen molar-refractivity contribution in [2.24, 2.45) is 0 Å². The average Bonchev–Trinajstić information content (AvgIpc) is 2.90. The van der Waals surface area contributed by atoms with Crippen molar-refractivity contribution in [3.63, 3.8) is 0 Å². The second-order valence-electron chi connectivity index (χ2n) is 9.99. The number of carbonyl (C=O) groups is 1. The van der Waals surface area contributed by atoms with E-state index >= 15 is 0 Å². The van der Waals surface area contributed by atoms with E-state index in [-0.39, 0.29) is 12.6 Å². The van der Waals surface area contributed by atoms with Gasteiger partial charge in [0.15, 0.2) is 0 Å². The first kappa shape index (κ1) is 34.8. The number of hydrogen-bond donors (Lipinski definition) is 2. The van der Waals surface area contributed by atoms with Crippen molar-refractivity contribution in [1.29, 1.82) is 0 Å². The Morgan fingerprint density at radius 3 is 2.00 bits per heavy atom. The van der Waals surface area contributed by atoms with Crippen LogP contribution < -0.4 is 10.1 Å². The summed E-state index contributed by atoms with van der Waals surface area (Å²) in [6.07, 6.45) is 17.8. The van der Waals surface area contributed by atoms with Crippen molar-refractivity contribution in [3.8, 4) is 5.75 Å². The van der Waals surface area contributed by atoms with Crippen LogP contribution in [0.3, 0.4) is 0 Å². The molecule has 0 fully saturated rings. The number of rotatable bonds is 26. The van der Waals surface area contributed by atoms with Gasteiger partial charge in [0.25, 0.3) is 0 Å². The molecule has 1 rings (SSSR count). The molecular formula is C30H54NO6P. The number of ether oxygens (including phenoxy) is 2. The van der Waals surface area contributed by atoms with Crippen LogP contribution in [0.2, 0.25) is 0 Å². The van der Waals surface area contributed by atoms with E-state index in [4.69, 9.17) is 18.5 Å². The summed E-state index contributed by atoms with van der Waals surface area (Å²) in [6.45, 7) is 5.79. The van der Waals surface area contributed by atoms with E-state index in [0.29, 0.717) is 13.0 Å². The fraction of sp³-hybridized carbons (Fsp3) is 0.767. The Morgan fingerprint density at radius 2 is 1.42 bits per heavy atom. The first-order valence-electron chi connectivity index (χ1n) is 14.8. The molecule has 0 bridgehead atoms. The van der Waals surface area contributed by atoms with E-state index in [1.54, 1.807) is 0 Å². The third-order valence-electron chi connectivity index (χ3n) is 6.38. The first-order chi connectivity index (χ1) is 18.5. The van der Waals surface area contributed by atoms with Crippen LogP contribution in [0.1, 0.15) is 109 Å². The van der Waals surface area contributed by atoms with Crippen LogP contribution in [0, 0.1) is 0 Å². The van der Waals surface area contributed by atoms with E-state index in [2.05, 4.69) is 12.2 Å². The highest BCUT2D eigenvalue weighted by atomic mass is 31.2. The monoisotopic (exact) mass is 555 g/mol. The third-order valence-corrected chi connectivity index (χ3v) is 7.15. The molecule has 0 aliphatic carbocycles. The van der Waals surface area contributed by atoms with Crippen LogP contribution in [-0.2, 0) is 25.0 Å². The van der Waals surface area contributed by atoms with Gasteiger partial charge in [0.2, 0.25) is 0 Å². The zero-order valence-corrected chi connectivity index (χ0v) is 25.2. The van der Waals surface area contributed by atoms with E-state index in [0.717, 1.165) is 43.7 Å². The lowest BCUT2D eigenvalue weighted by atomic mass is 10.1. The molecule has 0 aromatic heterocycles. The van der Waals surface area contributed by atoms with Gasteiger partial charge in [0.05, 0.1) is 19.8 Å². The standard InChI is InChI=1S/C30H54NO6P/c1-4-5-6-7-8-9-10-11-12-13-14-16-23-34-29-20-18-28(19-21-29)25-30(37-27(2)32)26-36-38(33)35-24-17-15-22-31-3/h18-21,30-31,33H,4-17,22-26H2,1-3H3. The van der Waals surface area contributed by atoms with Crippen molar-refractivity contribution in [2.75, 3.05) is 33.4 Å². The van der Waals surface area contributed by atoms with Crippen molar-refractivity contribution in [3.05, 3.63) is 29.8 Å². The van der Waals surface area contributed by atoms with Gasteiger partial charge in [-0.05, 0) is 50.6 Å². The summed E-state index contributed by atoms with van der Waals surface area (Å²) in [5.41, 5.74) is 1.01. The topological polar surface area (TPSA) is 86.2 Å². The molecule has 8 heteroatoms. The van der Waals surface area contributed by atoms with Gasteiger partial charge >= 0.3 is 14.6 Å². The highest BCUT2D eigenvalue weighted by Gasteiger charge is 2.17. The second-order valence-corrected chi connectivity index (χ2v) is 11.0. The van der Waals surface area contributed by atoms with Gasteiger partial charge in [-0.25, -0.2) is 0 Å². The van der Waals surface area contributed by atoms with Crippen LogP contribution in [0.4, 0.5) is 0 Å². The summed E-state index contributed by atoms with van der Waals surface area (Å²) in [5, 5.41) is 3.07. The Labute approximate surface area is 233 Å². The molecule has 0 aliphatic rings. The molecule has 0 heterocycles. The van der Waals surface area contributed by atoms with Crippen LogP contribution in [0.5, 0.6) is 5.75 Å². The highest BCUT2D eigenvalue weighted by Crippen LogP contribution is 2.33. The van der Waals surface area contributed by atoms with Crippen LogP contribution >= 0.6 is 8.60 Å². The summed E-state index contributed by atoms with van der Waals surface area (Å²) in [4.78, 5) is 21.5. The second kappa shape index (κ2) is 24.8. The molecule has 0 spiro atoms. The Kier molecular flexibility index (Phi) is 22.7. The van der Waals surface area contributed by atoms with Crippen molar-refractivity contribution >= 4 is 14.6 Å². The molecule has 0 aliphatic heterocycles. The van der Waals surface area contributed by atoms with Crippen LogP contribution in [0.15, 0.2) is 24.3 Å². The molecule has 1 aromatic rings. The molecule has 2 atom stereocenters. The molecule has 7 nitrogen and oxygen atoms in total. The van der Waals surface area contributed by atoms with Crippen LogP contribution in [0.25, 0.3) is 0 Å². The zero-order chi connectivity index (χ0) is 27.7. The van der Waals surface area contributed by atoms with E-state index < -0.39 is 14.7 Å². The van der Waals surface area contributed by atoms with Gasteiger partial charge in [0, 0.05) is 13.3 Å². The molecule has 0 saturated heterocycles. The Hall–Kier alpha value is -1.24. The molecule has 0 radical (unpaired) electrons. The fourth-order valence-electron chi connectivity index (χ4n) is 4.22. The Morgan fingerprint density at radius 1 is 0.842 bits per heavy atom. The number of carbonyl (C=O) groups excluding carboxylic acids is 1. The summed E-state index contributed by atoms with van der Waals surface area (Å²) in [7, 11) is -0.0875. The van der Waals surface area contributed by atoms with Crippen molar-refractivity contribution in [1.82, 2.24) is 5.32 Å². The molecule has 2 unspecified atom stereocenters. The minimum Gasteiger partial charge on any atom is -0.494 e. The number of nitrogens with one attached hydrogen (secondary N) is 1. The lowest BCUT2D eigenvalue weighted by molar-refractivity contribution is -0.147. The predicted octanol–water partition coefficient (Wildman–Crippen LogP) is 7.49. The Balaban J connectivity index is 2.18. The van der Waals surface area contributed by atoms with Crippen molar-refractivity contribution in [2.45, 2.75) is 116 Å². The van der Waals surface area contributed by atoms with Gasteiger partial charge in [-0.2, -0.15) is 0 Å². The predicted molar refractivity (Wildman–Crippen MR) is 156 cm³/mol. The smallest absolute Gasteiger partial charge is 0.329 e. The van der Waals surface area contributed by atoms with Crippen LogP contribution in [-0.4, -0.2) is 50.4 Å². The maximum atomic E-state index is 11.5. The SMILES string of the molecule is CCCCCCCCCCCCCCOc1ccc(CC(COP(O)OCCCCNC)OC(C)=O)cc1. The maximum Gasteiger partial charge on any atom is 0.329 e. The number of esters is 1. The minimum absolute atomic E-state index is 0.0789. The molecule has 0 amide bonds. The summed E-state index contributed by atoms with van der Waals surface area (Å²) < 4.78 is 22.0. The largest absolute Gasteiger partial charge is 0.494 e. The number of unbranched alkanes of at least 4 members (excludes halogenated alkanes) is 12. The molecule has 38 heavy (non-hydrogen) atoms. The minimum atomic E-state index is -1.99.